The standard InChI is InChI=1S/C17H19N3O3/c1-18-16(21)15(12-6-4-3-5-7-12)20-17(22)19-13-8-10-14(23-2)11-9-13/h3-11,15H,1-2H3,(H,18,21)(H2,19,20,22)/t15-/m1/s1. The molecular weight excluding hydrogens is 294 g/mol. The number of ether oxygens (including phenoxy) is 1. The number of benzene rings is 2. The minimum absolute atomic E-state index is 0.291. The first kappa shape index (κ1) is 16.4. The SMILES string of the molecule is CNC(=O)[C@H](NC(=O)Nc1ccc(OC)cc1)c1ccccc1. The monoisotopic (exact) mass is 313 g/mol. The van der Waals surface area contributed by atoms with Crippen molar-refractivity contribution >= 4 is 17.6 Å². The molecule has 2 rings (SSSR count). The summed E-state index contributed by atoms with van der Waals surface area (Å²) in [4.78, 5) is 24.2. The maximum atomic E-state index is 12.1. The average Bonchev–Trinajstić information content (AvgIpc) is 2.60. The molecule has 0 unspecified atom stereocenters. The number of hydrogen-bond donors (Lipinski definition) is 3. The molecule has 3 amide bonds. The van der Waals surface area contributed by atoms with Gasteiger partial charge in [-0.25, -0.2) is 4.79 Å². The van der Waals surface area contributed by atoms with Gasteiger partial charge in [0.25, 0.3) is 0 Å². The Balaban J connectivity index is 2.06. The Kier molecular flexibility index (Phi) is 5.57. The maximum absolute atomic E-state index is 12.1. The highest BCUT2D eigenvalue weighted by Crippen LogP contribution is 2.16. The van der Waals surface area contributed by atoms with Gasteiger partial charge in [0.2, 0.25) is 5.91 Å². The van der Waals surface area contributed by atoms with Crippen LogP contribution in [0.15, 0.2) is 54.6 Å². The van der Waals surface area contributed by atoms with Crippen LogP contribution in [0.1, 0.15) is 11.6 Å². The van der Waals surface area contributed by atoms with Gasteiger partial charge in [-0.15, -0.1) is 0 Å². The number of nitrogens with one attached hydrogen (secondary N) is 3. The van der Waals surface area contributed by atoms with E-state index in [-0.39, 0.29) is 5.91 Å². The molecule has 0 aliphatic carbocycles. The molecule has 0 aliphatic heterocycles. The van der Waals surface area contributed by atoms with Crippen molar-refractivity contribution in [1.29, 1.82) is 0 Å². The van der Waals surface area contributed by atoms with Crippen LogP contribution in [0, 0.1) is 0 Å². The predicted octanol–water partition coefficient (Wildman–Crippen LogP) is 2.30. The first-order valence-electron chi connectivity index (χ1n) is 7.12. The third-order valence-corrected chi connectivity index (χ3v) is 3.26. The summed E-state index contributed by atoms with van der Waals surface area (Å²) in [6, 6.07) is 14.7. The highest BCUT2D eigenvalue weighted by Gasteiger charge is 2.21. The molecule has 3 N–H and O–H groups in total. The van der Waals surface area contributed by atoms with Gasteiger partial charge in [0.1, 0.15) is 11.8 Å². The smallest absolute Gasteiger partial charge is 0.320 e. The van der Waals surface area contributed by atoms with Gasteiger partial charge in [-0.05, 0) is 29.8 Å². The van der Waals surface area contributed by atoms with E-state index in [0.29, 0.717) is 17.0 Å². The van der Waals surface area contributed by atoms with Crippen LogP contribution in [-0.2, 0) is 4.79 Å². The lowest BCUT2D eigenvalue weighted by Gasteiger charge is -2.18. The average molecular weight is 313 g/mol. The van der Waals surface area contributed by atoms with Crippen molar-refractivity contribution in [2.45, 2.75) is 6.04 Å². The van der Waals surface area contributed by atoms with Gasteiger partial charge >= 0.3 is 6.03 Å². The Morgan fingerprint density at radius 1 is 1.00 bits per heavy atom. The first-order chi connectivity index (χ1) is 11.1. The number of carbonyl (C=O) groups excluding carboxylic acids is 2. The molecule has 1 atom stereocenters. The predicted molar refractivity (Wildman–Crippen MR) is 88.4 cm³/mol. The summed E-state index contributed by atoms with van der Waals surface area (Å²) in [5.74, 6) is 0.407. The Morgan fingerprint density at radius 2 is 1.65 bits per heavy atom. The lowest BCUT2D eigenvalue weighted by Crippen LogP contribution is -2.41. The van der Waals surface area contributed by atoms with Crippen molar-refractivity contribution in [3.05, 3.63) is 60.2 Å². The van der Waals surface area contributed by atoms with E-state index in [4.69, 9.17) is 4.74 Å². The van der Waals surface area contributed by atoms with Crippen molar-refractivity contribution in [3.63, 3.8) is 0 Å². The first-order valence-corrected chi connectivity index (χ1v) is 7.12. The van der Waals surface area contributed by atoms with Gasteiger partial charge in [0, 0.05) is 12.7 Å². The maximum Gasteiger partial charge on any atom is 0.320 e. The summed E-state index contributed by atoms with van der Waals surface area (Å²) in [6.45, 7) is 0. The molecule has 0 saturated heterocycles. The molecule has 0 spiro atoms. The van der Waals surface area contributed by atoms with E-state index in [1.54, 1.807) is 43.5 Å². The summed E-state index contributed by atoms with van der Waals surface area (Å²) < 4.78 is 5.06. The zero-order valence-electron chi connectivity index (χ0n) is 13.0. The number of hydrogen-bond acceptors (Lipinski definition) is 3. The normalized spacial score (nSPS) is 11.2. The highest BCUT2D eigenvalue weighted by molar-refractivity contribution is 5.94. The van der Waals surface area contributed by atoms with Crippen LogP contribution in [0.2, 0.25) is 0 Å². The van der Waals surface area contributed by atoms with Gasteiger partial charge in [-0.2, -0.15) is 0 Å². The third-order valence-electron chi connectivity index (χ3n) is 3.26. The van der Waals surface area contributed by atoms with Gasteiger partial charge in [-0.1, -0.05) is 30.3 Å². The molecule has 23 heavy (non-hydrogen) atoms. The quantitative estimate of drug-likeness (QED) is 0.792. The van der Waals surface area contributed by atoms with Crippen molar-refractivity contribution in [1.82, 2.24) is 10.6 Å². The summed E-state index contributed by atoms with van der Waals surface area (Å²) in [6.07, 6.45) is 0. The number of likely N-dealkylation sites (N-methyl/N-ethyl adjacent to an activating group) is 1. The largest absolute Gasteiger partial charge is 0.497 e. The number of urea groups is 1. The second kappa shape index (κ2) is 7.84. The fourth-order valence-corrected chi connectivity index (χ4v) is 2.06. The minimum Gasteiger partial charge on any atom is -0.497 e. The topological polar surface area (TPSA) is 79.5 Å². The van der Waals surface area contributed by atoms with Crippen LogP contribution < -0.4 is 20.7 Å². The molecule has 2 aromatic carbocycles. The molecule has 0 aromatic heterocycles. The Morgan fingerprint density at radius 3 is 2.22 bits per heavy atom. The molecule has 0 radical (unpaired) electrons. The number of amides is 3. The number of rotatable bonds is 5. The van der Waals surface area contributed by atoms with E-state index in [1.807, 2.05) is 18.2 Å². The zero-order valence-corrected chi connectivity index (χ0v) is 13.0. The van der Waals surface area contributed by atoms with Gasteiger partial charge in [0.05, 0.1) is 7.11 Å². The second-order valence-corrected chi connectivity index (χ2v) is 4.78. The number of anilines is 1. The third kappa shape index (κ3) is 4.47. The summed E-state index contributed by atoms with van der Waals surface area (Å²) in [5.41, 5.74) is 1.31. The minimum atomic E-state index is -0.764. The lowest BCUT2D eigenvalue weighted by atomic mass is 10.1. The lowest BCUT2D eigenvalue weighted by molar-refractivity contribution is -0.122. The van der Waals surface area contributed by atoms with Crippen LogP contribution in [0.4, 0.5) is 10.5 Å². The van der Waals surface area contributed by atoms with Crippen molar-refractivity contribution in [2.24, 2.45) is 0 Å². The molecule has 120 valence electrons. The van der Waals surface area contributed by atoms with Crippen LogP contribution in [-0.4, -0.2) is 26.1 Å². The fraction of sp³-hybridized carbons (Fsp3) is 0.176. The van der Waals surface area contributed by atoms with Gasteiger partial charge in [0.15, 0.2) is 0 Å². The number of carbonyl (C=O) groups is 2. The van der Waals surface area contributed by atoms with Crippen LogP contribution in [0.5, 0.6) is 5.75 Å². The highest BCUT2D eigenvalue weighted by atomic mass is 16.5. The summed E-state index contributed by atoms with van der Waals surface area (Å²) >= 11 is 0. The van der Waals surface area contributed by atoms with Gasteiger partial charge < -0.3 is 20.7 Å². The van der Waals surface area contributed by atoms with Crippen LogP contribution in [0.25, 0.3) is 0 Å². The van der Waals surface area contributed by atoms with Crippen LogP contribution >= 0.6 is 0 Å². The van der Waals surface area contributed by atoms with E-state index in [2.05, 4.69) is 16.0 Å². The molecule has 6 nitrogen and oxygen atoms in total. The Labute approximate surface area is 134 Å². The molecule has 2 aromatic rings. The molecule has 6 heteroatoms. The molecule has 0 aliphatic rings. The fourth-order valence-electron chi connectivity index (χ4n) is 2.06. The van der Waals surface area contributed by atoms with Crippen LogP contribution in [0.3, 0.4) is 0 Å². The summed E-state index contributed by atoms with van der Waals surface area (Å²) in [7, 11) is 3.10. The zero-order chi connectivity index (χ0) is 16.7. The molecule has 0 saturated carbocycles. The van der Waals surface area contributed by atoms with Gasteiger partial charge in [-0.3, -0.25) is 4.79 Å². The number of methoxy groups -OCH3 is 1. The molecule has 0 fully saturated rings. The molecular formula is C17H19N3O3. The van der Waals surface area contributed by atoms with E-state index < -0.39 is 12.1 Å². The van der Waals surface area contributed by atoms with E-state index in [9.17, 15) is 9.59 Å². The molecule has 0 heterocycles. The van der Waals surface area contributed by atoms with E-state index in [1.165, 1.54) is 7.05 Å². The summed E-state index contributed by atoms with van der Waals surface area (Å²) in [5, 5.41) is 7.90. The van der Waals surface area contributed by atoms with E-state index >= 15 is 0 Å². The molecule has 0 bridgehead atoms. The van der Waals surface area contributed by atoms with Crippen molar-refractivity contribution < 1.29 is 14.3 Å². The van der Waals surface area contributed by atoms with Crippen molar-refractivity contribution in [3.8, 4) is 5.75 Å². The Hall–Kier alpha value is -3.02. The van der Waals surface area contributed by atoms with Crippen molar-refractivity contribution in [2.75, 3.05) is 19.5 Å². The van der Waals surface area contributed by atoms with E-state index in [0.717, 1.165) is 0 Å². The Bertz CT molecular complexity index is 657. The second-order valence-electron chi connectivity index (χ2n) is 4.78.